The zero-order chi connectivity index (χ0) is 15.2. The van der Waals surface area contributed by atoms with Crippen LogP contribution in [0.25, 0.3) is 11.3 Å². The number of hydrogen-bond donors (Lipinski definition) is 1. The first kappa shape index (κ1) is 15.4. The maximum Gasteiger partial charge on any atom is 0.161 e. The minimum absolute atomic E-state index is 0.720. The van der Waals surface area contributed by atoms with Crippen LogP contribution in [0.3, 0.4) is 0 Å². The minimum Gasteiger partial charge on any atom is -0.493 e. The molecule has 0 aliphatic carbocycles. The highest BCUT2D eigenvalue weighted by Gasteiger charge is 2.14. The van der Waals surface area contributed by atoms with Crippen LogP contribution in [-0.4, -0.2) is 30.5 Å². The summed E-state index contributed by atoms with van der Waals surface area (Å²) in [4.78, 5) is 0. The van der Waals surface area contributed by atoms with Crippen LogP contribution in [0.1, 0.15) is 18.9 Å². The molecule has 0 aliphatic heterocycles. The molecule has 0 unspecified atom stereocenters. The van der Waals surface area contributed by atoms with E-state index in [1.807, 2.05) is 31.4 Å². The molecule has 114 valence electrons. The third-order valence-electron chi connectivity index (χ3n) is 3.34. The zero-order valence-corrected chi connectivity index (χ0v) is 13.1. The van der Waals surface area contributed by atoms with Crippen molar-refractivity contribution in [2.45, 2.75) is 19.9 Å². The minimum atomic E-state index is 0.720. The lowest BCUT2D eigenvalue weighted by Gasteiger charge is -2.14. The van der Waals surface area contributed by atoms with Gasteiger partial charge in [-0.05, 0) is 36.7 Å². The fraction of sp³-hybridized carbons (Fsp3) is 0.438. The van der Waals surface area contributed by atoms with E-state index in [0.29, 0.717) is 0 Å². The molecule has 0 aliphatic rings. The summed E-state index contributed by atoms with van der Waals surface area (Å²) in [5.74, 6) is 1.46. The number of nitrogens with zero attached hydrogens (tertiary/aromatic N) is 2. The van der Waals surface area contributed by atoms with Crippen LogP contribution >= 0.6 is 0 Å². The Morgan fingerprint density at radius 2 is 1.90 bits per heavy atom. The van der Waals surface area contributed by atoms with Crippen molar-refractivity contribution in [3.8, 4) is 22.8 Å². The Balaban J connectivity index is 2.43. The average Bonchev–Trinajstić information content (AvgIpc) is 2.93. The molecule has 0 fully saturated rings. The van der Waals surface area contributed by atoms with Gasteiger partial charge < -0.3 is 14.8 Å². The third-order valence-corrected chi connectivity index (χ3v) is 3.34. The summed E-state index contributed by atoms with van der Waals surface area (Å²) < 4.78 is 12.6. The van der Waals surface area contributed by atoms with Crippen LogP contribution < -0.4 is 14.8 Å². The highest BCUT2D eigenvalue weighted by atomic mass is 16.5. The molecule has 1 aromatic carbocycles. The van der Waals surface area contributed by atoms with Crippen molar-refractivity contribution < 1.29 is 9.47 Å². The van der Waals surface area contributed by atoms with Gasteiger partial charge in [0.1, 0.15) is 0 Å². The first-order chi connectivity index (χ1) is 10.2. The second-order valence-electron chi connectivity index (χ2n) is 4.92. The lowest BCUT2D eigenvalue weighted by molar-refractivity contribution is 0.354. The summed E-state index contributed by atoms with van der Waals surface area (Å²) in [5, 5.41) is 7.92. The van der Waals surface area contributed by atoms with Crippen LogP contribution in [0.2, 0.25) is 0 Å². The van der Waals surface area contributed by atoms with E-state index in [9.17, 15) is 0 Å². The largest absolute Gasteiger partial charge is 0.493 e. The quantitative estimate of drug-likeness (QED) is 0.796. The second-order valence-corrected chi connectivity index (χ2v) is 4.92. The molecule has 1 heterocycles. The number of nitrogens with one attached hydrogen (secondary N) is 1. The van der Waals surface area contributed by atoms with E-state index in [1.54, 1.807) is 18.9 Å². The Bertz CT molecular complexity index is 593. The summed E-state index contributed by atoms with van der Waals surface area (Å²) in [5.41, 5.74) is 3.16. The Kier molecular flexibility index (Phi) is 5.22. The van der Waals surface area contributed by atoms with Crippen LogP contribution in [0.5, 0.6) is 11.5 Å². The van der Waals surface area contributed by atoms with Gasteiger partial charge in [-0.3, -0.25) is 4.68 Å². The molecule has 0 atom stereocenters. The number of rotatable bonds is 7. The van der Waals surface area contributed by atoms with Crippen molar-refractivity contribution in [3.05, 3.63) is 30.0 Å². The van der Waals surface area contributed by atoms with Gasteiger partial charge in [0.05, 0.1) is 19.9 Å². The number of methoxy groups -OCH3 is 2. The van der Waals surface area contributed by atoms with Gasteiger partial charge in [0.15, 0.2) is 11.5 Å². The number of aryl methyl sites for hydroxylation is 1. The van der Waals surface area contributed by atoms with Gasteiger partial charge in [0, 0.05) is 25.4 Å². The molecular formula is C16H23N3O2. The van der Waals surface area contributed by atoms with Crippen LogP contribution in [0, 0.1) is 0 Å². The molecule has 5 heteroatoms. The topological polar surface area (TPSA) is 48.3 Å². The summed E-state index contributed by atoms with van der Waals surface area (Å²) >= 11 is 0. The van der Waals surface area contributed by atoms with E-state index in [0.717, 1.165) is 47.8 Å². The van der Waals surface area contributed by atoms with Crippen LogP contribution in [0.4, 0.5) is 0 Å². The average molecular weight is 289 g/mol. The van der Waals surface area contributed by atoms with Crippen molar-refractivity contribution in [3.63, 3.8) is 0 Å². The Morgan fingerprint density at radius 3 is 2.48 bits per heavy atom. The zero-order valence-electron chi connectivity index (χ0n) is 13.1. The van der Waals surface area contributed by atoms with Gasteiger partial charge in [0.25, 0.3) is 0 Å². The Hall–Kier alpha value is -2.01. The van der Waals surface area contributed by atoms with Crippen molar-refractivity contribution in [1.29, 1.82) is 0 Å². The second kappa shape index (κ2) is 7.13. The van der Waals surface area contributed by atoms with E-state index < -0.39 is 0 Å². The monoisotopic (exact) mass is 289 g/mol. The standard InChI is InChI=1S/C16H23N3O2/c1-5-7-17-11-12-9-15(20-3)16(21-4)10-13(12)14-6-8-19(2)18-14/h6,8-10,17H,5,7,11H2,1-4H3. The van der Waals surface area contributed by atoms with Crippen molar-refractivity contribution in [1.82, 2.24) is 15.1 Å². The van der Waals surface area contributed by atoms with Crippen molar-refractivity contribution in [2.24, 2.45) is 7.05 Å². The molecule has 0 bridgehead atoms. The summed E-state index contributed by atoms with van der Waals surface area (Å²) in [6.07, 6.45) is 3.04. The van der Waals surface area contributed by atoms with E-state index in [-0.39, 0.29) is 0 Å². The Labute approximate surface area is 125 Å². The van der Waals surface area contributed by atoms with E-state index in [4.69, 9.17) is 9.47 Å². The molecule has 5 nitrogen and oxygen atoms in total. The predicted octanol–water partition coefficient (Wildman–Crippen LogP) is 2.60. The first-order valence-electron chi connectivity index (χ1n) is 7.15. The van der Waals surface area contributed by atoms with Gasteiger partial charge in [-0.2, -0.15) is 5.10 Å². The molecule has 0 amide bonds. The van der Waals surface area contributed by atoms with Gasteiger partial charge in [-0.15, -0.1) is 0 Å². The Morgan fingerprint density at radius 1 is 1.19 bits per heavy atom. The molecule has 2 aromatic rings. The van der Waals surface area contributed by atoms with Crippen molar-refractivity contribution in [2.75, 3.05) is 20.8 Å². The van der Waals surface area contributed by atoms with E-state index in [2.05, 4.69) is 17.3 Å². The summed E-state index contributed by atoms with van der Waals surface area (Å²) in [7, 11) is 5.22. The highest BCUT2D eigenvalue weighted by molar-refractivity contribution is 5.68. The van der Waals surface area contributed by atoms with Crippen molar-refractivity contribution >= 4 is 0 Å². The normalized spacial score (nSPS) is 10.7. The van der Waals surface area contributed by atoms with Gasteiger partial charge in [-0.1, -0.05) is 6.92 Å². The third kappa shape index (κ3) is 3.55. The first-order valence-corrected chi connectivity index (χ1v) is 7.15. The van der Waals surface area contributed by atoms with E-state index in [1.165, 1.54) is 0 Å². The lowest BCUT2D eigenvalue weighted by Crippen LogP contribution is -2.14. The maximum absolute atomic E-state index is 5.41. The van der Waals surface area contributed by atoms with Crippen LogP contribution in [0.15, 0.2) is 24.4 Å². The highest BCUT2D eigenvalue weighted by Crippen LogP contribution is 2.35. The number of ether oxygens (including phenoxy) is 2. The fourth-order valence-corrected chi connectivity index (χ4v) is 2.26. The molecule has 1 N–H and O–H groups in total. The summed E-state index contributed by atoms with van der Waals surface area (Å²) in [6.45, 7) is 3.91. The van der Waals surface area contributed by atoms with Gasteiger partial charge in [0.2, 0.25) is 0 Å². The lowest BCUT2D eigenvalue weighted by atomic mass is 10.0. The SMILES string of the molecule is CCCNCc1cc(OC)c(OC)cc1-c1ccn(C)n1. The van der Waals surface area contributed by atoms with Gasteiger partial charge >= 0.3 is 0 Å². The number of aromatic nitrogens is 2. The number of hydrogen-bond acceptors (Lipinski definition) is 4. The molecule has 21 heavy (non-hydrogen) atoms. The fourth-order valence-electron chi connectivity index (χ4n) is 2.26. The molecule has 0 saturated carbocycles. The van der Waals surface area contributed by atoms with Gasteiger partial charge in [-0.25, -0.2) is 0 Å². The maximum atomic E-state index is 5.41. The molecule has 0 spiro atoms. The smallest absolute Gasteiger partial charge is 0.161 e. The van der Waals surface area contributed by atoms with Crippen LogP contribution in [-0.2, 0) is 13.6 Å². The summed E-state index contributed by atoms with van der Waals surface area (Å²) in [6, 6.07) is 6.01. The molecular weight excluding hydrogens is 266 g/mol. The molecule has 2 rings (SSSR count). The molecule has 0 radical (unpaired) electrons. The van der Waals surface area contributed by atoms with E-state index >= 15 is 0 Å². The molecule has 1 aromatic heterocycles. The predicted molar refractivity (Wildman–Crippen MR) is 83.7 cm³/mol. The number of benzene rings is 1. The molecule has 0 saturated heterocycles.